The van der Waals surface area contributed by atoms with Gasteiger partial charge in [0.15, 0.2) is 6.10 Å². The molecule has 6 rings (SSSR count). The highest BCUT2D eigenvalue weighted by atomic mass is 35.5. The number of imidazole rings is 1. The smallest absolute Gasteiger partial charge is 0.410 e. The molecule has 3 aliphatic heterocycles. The summed E-state index contributed by atoms with van der Waals surface area (Å²) in [4.78, 5) is 51.3. The Labute approximate surface area is 267 Å². The molecule has 1 atom stereocenters. The molecular formula is C32H40Cl2N6O4. The van der Waals surface area contributed by atoms with E-state index in [2.05, 4.69) is 21.8 Å². The number of halogens is 2. The van der Waals surface area contributed by atoms with Crippen LogP contribution < -0.4 is 5.69 Å². The fourth-order valence-electron chi connectivity index (χ4n) is 6.87. The Bertz CT molecular complexity index is 1530. The van der Waals surface area contributed by atoms with Crippen molar-refractivity contribution >= 4 is 46.2 Å². The van der Waals surface area contributed by atoms with Gasteiger partial charge in [0.2, 0.25) is 0 Å². The Morgan fingerprint density at radius 3 is 2.25 bits per heavy atom. The number of H-pyrrole nitrogens is 1. The molecule has 1 N–H and O–H groups in total. The van der Waals surface area contributed by atoms with Crippen molar-refractivity contribution in [3.05, 3.63) is 68.6 Å². The van der Waals surface area contributed by atoms with E-state index in [0.717, 1.165) is 55.6 Å². The van der Waals surface area contributed by atoms with Crippen LogP contribution in [0.15, 0.2) is 47.3 Å². The van der Waals surface area contributed by atoms with E-state index in [-0.39, 0.29) is 24.1 Å². The summed E-state index contributed by atoms with van der Waals surface area (Å²) in [6.07, 6.45) is 2.23. The number of hydrogen-bond acceptors (Lipinski definition) is 6. The number of piperidine rings is 2. The molecule has 0 aliphatic carbocycles. The molecule has 0 saturated carbocycles. The third-order valence-electron chi connectivity index (χ3n) is 9.47. The molecule has 10 nitrogen and oxygen atoms in total. The van der Waals surface area contributed by atoms with Crippen molar-refractivity contribution in [2.45, 2.75) is 50.3 Å². The molecule has 3 aromatic rings. The van der Waals surface area contributed by atoms with Gasteiger partial charge in [0, 0.05) is 57.8 Å². The predicted molar refractivity (Wildman–Crippen MR) is 172 cm³/mol. The van der Waals surface area contributed by atoms with Crippen molar-refractivity contribution in [1.82, 2.24) is 29.2 Å². The lowest BCUT2D eigenvalue weighted by Gasteiger charge is -2.42. The van der Waals surface area contributed by atoms with Gasteiger partial charge in [0.05, 0.1) is 21.1 Å². The van der Waals surface area contributed by atoms with Crippen LogP contribution in [0.4, 0.5) is 4.79 Å². The van der Waals surface area contributed by atoms with Gasteiger partial charge in [-0.1, -0.05) is 41.4 Å². The Morgan fingerprint density at radius 2 is 1.55 bits per heavy atom. The highest BCUT2D eigenvalue weighted by molar-refractivity contribution is 6.42. The van der Waals surface area contributed by atoms with Crippen molar-refractivity contribution < 1.29 is 14.3 Å². The highest BCUT2D eigenvalue weighted by Crippen LogP contribution is 2.27. The average Bonchev–Trinajstić information content (AvgIpc) is 3.38. The van der Waals surface area contributed by atoms with E-state index in [9.17, 15) is 14.4 Å². The third kappa shape index (κ3) is 6.78. The Kier molecular flexibility index (Phi) is 9.51. The highest BCUT2D eigenvalue weighted by Gasteiger charge is 2.35. The summed E-state index contributed by atoms with van der Waals surface area (Å²) in [6, 6.07) is 13.4. The maximum absolute atomic E-state index is 13.9. The second kappa shape index (κ2) is 13.5. The number of likely N-dealkylation sites (tertiary alicyclic amines) is 2. The van der Waals surface area contributed by atoms with Gasteiger partial charge in [-0.15, -0.1) is 0 Å². The summed E-state index contributed by atoms with van der Waals surface area (Å²) in [6.45, 7) is 5.89. The van der Waals surface area contributed by atoms with Crippen LogP contribution >= 0.6 is 23.2 Å². The molecule has 2 amide bonds. The monoisotopic (exact) mass is 642 g/mol. The van der Waals surface area contributed by atoms with E-state index in [1.54, 1.807) is 21.6 Å². The molecule has 0 bridgehead atoms. The zero-order chi connectivity index (χ0) is 30.8. The number of carbonyl (C=O) groups is 2. The van der Waals surface area contributed by atoms with Gasteiger partial charge in [-0.05, 0) is 75.6 Å². The van der Waals surface area contributed by atoms with E-state index in [0.29, 0.717) is 55.1 Å². The maximum Gasteiger partial charge on any atom is 0.410 e. The average molecular weight is 644 g/mol. The normalized spacial score (nSPS) is 20.2. The first-order valence-corrected chi connectivity index (χ1v) is 16.3. The minimum Gasteiger partial charge on any atom is -0.436 e. The minimum atomic E-state index is -0.983. The molecule has 1 aromatic heterocycles. The van der Waals surface area contributed by atoms with E-state index >= 15 is 0 Å². The second-order valence-corrected chi connectivity index (χ2v) is 13.1. The molecular weight excluding hydrogens is 603 g/mol. The van der Waals surface area contributed by atoms with E-state index in [4.69, 9.17) is 27.9 Å². The standard InChI is InChI=1S/C32H40Cl2N6O4/c1-36-12-8-23(9-13-36)37-16-18-38(19-17-37)30(41)29(21-22-6-7-25(33)26(34)20-22)44-32(43)39-14-10-24(11-15-39)40-28-5-3-2-4-27(28)35-31(40)42/h2-7,20,23-24,29H,8-19,21H2,1H3,(H,35,42)/t29-/m1/s1. The number of fused-ring (bicyclic) bond motifs is 1. The van der Waals surface area contributed by atoms with Crippen molar-refractivity contribution in [2.24, 2.45) is 0 Å². The molecule has 236 valence electrons. The molecule has 0 radical (unpaired) electrons. The number of amides is 2. The molecule has 0 spiro atoms. The predicted octanol–water partition coefficient (Wildman–Crippen LogP) is 4.26. The zero-order valence-electron chi connectivity index (χ0n) is 25.1. The van der Waals surface area contributed by atoms with Crippen LogP contribution in [0.25, 0.3) is 11.0 Å². The summed E-state index contributed by atoms with van der Waals surface area (Å²) in [5, 5.41) is 0.820. The number of carbonyl (C=O) groups excluding carboxylic acids is 2. The number of piperazine rings is 1. The Morgan fingerprint density at radius 1 is 0.864 bits per heavy atom. The van der Waals surface area contributed by atoms with Crippen LogP contribution in [-0.2, 0) is 16.0 Å². The largest absolute Gasteiger partial charge is 0.436 e. The number of hydrogen-bond donors (Lipinski definition) is 1. The van der Waals surface area contributed by atoms with Gasteiger partial charge in [0.25, 0.3) is 5.91 Å². The fourth-order valence-corrected chi connectivity index (χ4v) is 7.19. The van der Waals surface area contributed by atoms with Crippen LogP contribution in [-0.4, -0.2) is 113 Å². The molecule has 4 heterocycles. The first kappa shape index (κ1) is 31.0. The molecule has 3 fully saturated rings. The van der Waals surface area contributed by atoms with E-state index in [1.807, 2.05) is 35.2 Å². The van der Waals surface area contributed by atoms with Gasteiger partial charge >= 0.3 is 11.8 Å². The van der Waals surface area contributed by atoms with Crippen molar-refractivity contribution in [3.63, 3.8) is 0 Å². The lowest BCUT2D eigenvalue weighted by atomic mass is 10.0. The summed E-state index contributed by atoms with van der Waals surface area (Å²) in [7, 11) is 2.16. The van der Waals surface area contributed by atoms with Gasteiger partial charge in [-0.2, -0.15) is 0 Å². The summed E-state index contributed by atoms with van der Waals surface area (Å²) in [5.74, 6) is -0.187. The number of aromatic amines is 1. The van der Waals surface area contributed by atoms with Crippen LogP contribution in [0.1, 0.15) is 37.3 Å². The SMILES string of the molecule is CN1CCC(N2CCN(C(=O)[C@@H](Cc3ccc(Cl)c(Cl)c3)OC(=O)N3CCC(n4c(=O)[nH]c5ccccc54)CC3)CC2)CC1. The maximum atomic E-state index is 13.9. The molecule has 2 aromatic carbocycles. The fraction of sp³-hybridized carbons (Fsp3) is 0.531. The molecule has 44 heavy (non-hydrogen) atoms. The van der Waals surface area contributed by atoms with E-state index in [1.165, 1.54) is 0 Å². The number of benzene rings is 2. The van der Waals surface area contributed by atoms with Crippen molar-refractivity contribution in [2.75, 3.05) is 59.4 Å². The number of nitrogens with zero attached hydrogens (tertiary/aromatic N) is 5. The van der Waals surface area contributed by atoms with Crippen molar-refractivity contribution in [1.29, 1.82) is 0 Å². The van der Waals surface area contributed by atoms with Crippen LogP contribution in [0.5, 0.6) is 0 Å². The summed E-state index contributed by atoms with van der Waals surface area (Å²) in [5.41, 5.74) is 2.29. The molecule has 12 heteroatoms. The zero-order valence-corrected chi connectivity index (χ0v) is 26.6. The van der Waals surface area contributed by atoms with Crippen molar-refractivity contribution in [3.8, 4) is 0 Å². The number of para-hydroxylation sites is 2. The lowest BCUT2D eigenvalue weighted by molar-refractivity contribution is -0.143. The number of nitrogens with one attached hydrogen (secondary N) is 1. The number of rotatable bonds is 6. The van der Waals surface area contributed by atoms with Gasteiger partial charge < -0.3 is 24.4 Å². The molecule has 3 aliphatic rings. The lowest BCUT2D eigenvalue weighted by Crippen LogP contribution is -2.56. The molecule has 0 unspecified atom stereocenters. The number of ether oxygens (including phenoxy) is 1. The van der Waals surface area contributed by atoms with Gasteiger partial charge in [-0.25, -0.2) is 9.59 Å². The minimum absolute atomic E-state index is 0.0304. The first-order chi connectivity index (χ1) is 21.3. The van der Waals surface area contributed by atoms with Crippen LogP contribution in [0.2, 0.25) is 10.0 Å². The van der Waals surface area contributed by atoms with Crippen LogP contribution in [0, 0.1) is 0 Å². The summed E-state index contributed by atoms with van der Waals surface area (Å²) >= 11 is 12.4. The summed E-state index contributed by atoms with van der Waals surface area (Å²) < 4.78 is 7.77. The van der Waals surface area contributed by atoms with Gasteiger partial charge in [-0.3, -0.25) is 14.3 Å². The number of aromatic nitrogens is 2. The topological polar surface area (TPSA) is 94.1 Å². The Hall–Kier alpha value is -3.05. The van der Waals surface area contributed by atoms with Gasteiger partial charge in [0.1, 0.15) is 0 Å². The van der Waals surface area contributed by atoms with Crippen LogP contribution in [0.3, 0.4) is 0 Å². The van der Waals surface area contributed by atoms with E-state index < -0.39 is 12.2 Å². The molecule has 3 saturated heterocycles. The second-order valence-electron chi connectivity index (χ2n) is 12.3. The quantitative estimate of drug-likeness (QED) is 0.432. The Balaban J connectivity index is 1.10. The first-order valence-electron chi connectivity index (χ1n) is 15.6. The third-order valence-corrected chi connectivity index (χ3v) is 10.2.